The second-order valence-electron chi connectivity index (χ2n) is 9.59. The molecule has 1 aromatic heterocycles. The van der Waals surface area contributed by atoms with Gasteiger partial charge in [-0.15, -0.1) is 0 Å². The quantitative estimate of drug-likeness (QED) is 0.479. The Bertz CT molecular complexity index is 1300. The summed E-state index contributed by atoms with van der Waals surface area (Å²) in [7, 11) is 3.46. The Morgan fingerprint density at radius 2 is 1.61 bits per heavy atom. The molecule has 1 fully saturated rings. The Balaban J connectivity index is 1.70. The molecule has 38 heavy (non-hydrogen) atoms. The van der Waals surface area contributed by atoms with E-state index in [1.54, 1.807) is 30.1 Å². The van der Waals surface area contributed by atoms with Crippen molar-refractivity contribution in [3.8, 4) is 0 Å². The van der Waals surface area contributed by atoms with E-state index in [2.05, 4.69) is 4.98 Å². The molecule has 4 rings (SSSR count). The summed E-state index contributed by atoms with van der Waals surface area (Å²) in [6.07, 6.45) is -8.15. The third kappa shape index (κ3) is 5.95. The predicted molar refractivity (Wildman–Crippen MR) is 128 cm³/mol. The topological polar surface area (TPSA) is 59.7 Å². The van der Waals surface area contributed by atoms with Gasteiger partial charge in [-0.05, 0) is 50.3 Å². The zero-order chi connectivity index (χ0) is 27.8. The summed E-state index contributed by atoms with van der Waals surface area (Å²) < 4.78 is 80.5. The van der Waals surface area contributed by atoms with Crippen LogP contribution in [-0.4, -0.2) is 77.8 Å². The van der Waals surface area contributed by atoms with Crippen LogP contribution in [0.15, 0.2) is 48.7 Å². The number of para-hydroxylation sites is 1. The van der Waals surface area contributed by atoms with Crippen LogP contribution in [0.5, 0.6) is 0 Å². The highest BCUT2D eigenvalue weighted by Crippen LogP contribution is 2.37. The Labute approximate surface area is 214 Å². The lowest BCUT2D eigenvalue weighted by Gasteiger charge is -2.42. The molecule has 0 aliphatic carbocycles. The van der Waals surface area contributed by atoms with E-state index in [1.807, 2.05) is 24.3 Å². The van der Waals surface area contributed by atoms with Crippen molar-refractivity contribution >= 4 is 22.7 Å². The molecule has 3 aromatic rings. The first-order valence-corrected chi connectivity index (χ1v) is 11.8. The van der Waals surface area contributed by atoms with Gasteiger partial charge < -0.3 is 19.7 Å². The van der Waals surface area contributed by atoms with E-state index in [-0.39, 0.29) is 44.6 Å². The maximum absolute atomic E-state index is 13.5. The number of likely N-dealkylation sites (N-methyl/N-ethyl adjacent to an activating group) is 1. The molecule has 1 unspecified atom stereocenters. The van der Waals surface area contributed by atoms with Crippen LogP contribution in [0.4, 0.5) is 26.3 Å². The monoisotopic (exact) mass is 540 g/mol. The van der Waals surface area contributed by atoms with Crippen molar-refractivity contribution in [3.05, 3.63) is 70.9 Å². The van der Waals surface area contributed by atoms with Gasteiger partial charge in [-0.25, -0.2) is 0 Å². The lowest BCUT2D eigenvalue weighted by atomic mass is 9.98. The van der Waals surface area contributed by atoms with E-state index in [9.17, 15) is 35.9 Å². The predicted octanol–water partition coefficient (Wildman–Crippen LogP) is 4.66. The molecule has 6 nitrogen and oxygen atoms in total. The van der Waals surface area contributed by atoms with Crippen molar-refractivity contribution in [1.29, 1.82) is 0 Å². The van der Waals surface area contributed by atoms with Crippen LogP contribution in [0.2, 0.25) is 0 Å². The van der Waals surface area contributed by atoms with Crippen LogP contribution < -0.4 is 0 Å². The maximum Gasteiger partial charge on any atom is 0.416 e. The lowest BCUT2D eigenvalue weighted by Crippen LogP contribution is -2.58. The fourth-order valence-corrected chi connectivity index (χ4v) is 4.69. The normalized spacial score (nSPS) is 16.9. The molecule has 1 atom stereocenters. The van der Waals surface area contributed by atoms with Gasteiger partial charge in [0.15, 0.2) is 0 Å². The zero-order valence-electron chi connectivity index (χ0n) is 20.7. The summed E-state index contributed by atoms with van der Waals surface area (Å²) in [6, 6.07) is 7.62. The average Bonchev–Trinajstić information content (AvgIpc) is 3.24. The first-order chi connectivity index (χ1) is 17.7. The van der Waals surface area contributed by atoms with Crippen molar-refractivity contribution in [1.82, 2.24) is 19.7 Å². The number of amides is 2. The molecule has 1 N–H and O–H groups in total. The second kappa shape index (κ2) is 10.3. The number of rotatable bonds is 5. The minimum atomic E-state index is -5.07. The fourth-order valence-electron chi connectivity index (χ4n) is 4.69. The van der Waals surface area contributed by atoms with Crippen LogP contribution in [0, 0.1) is 0 Å². The molecule has 12 heteroatoms. The number of carbonyl (C=O) groups is 2. The second-order valence-corrected chi connectivity index (χ2v) is 9.59. The number of nitrogens with zero attached hydrogens (tertiary/aromatic N) is 3. The number of aromatic amines is 1. The van der Waals surface area contributed by atoms with Crippen LogP contribution in [0.1, 0.15) is 27.0 Å². The highest BCUT2D eigenvalue weighted by atomic mass is 19.4. The Morgan fingerprint density at radius 1 is 0.974 bits per heavy atom. The molecule has 204 valence electrons. The number of hydrogen-bond donors (Lipinski definition) is 1. The molecule has 0 spiro atoms. The molecular formula is C26H26F6N4O2. The van der Waals surface area contributed by atoms with Gasteiger partial charge >= 0.3 is 12.4 Å². The van der Waals surface area contributed by atoms with Crippen LogP contribution in [0.3, 0.4) is 0 Å². The SMILES string of the molecule is CN(C)CC(=O)N1CCN(C(=O)c2cc(C(F)(F)F)cc(C(F)(F)F)c2)C(Cc2c[nH]c3ccccc23)C1. The first-order valence-electron chi connectivity index (χ1n) is 11.8. The molecule has 2 aromatic carbocycles. The summed E-state index contributed by atoms with van der Waals surface area (Å²) in [4.78, 5) is 33.9. The number of fused-ring (bicyclic) bond motifs is 1. The van der Waals surface area contributed by atoms with Gasteiger partial charge in [-0.3, -0.25) is 9.59 Å². The van der Waals surface area contributed by atoms with E-state index >= 15 is 0 Å². The summed E-state index contributed by atoms with van der Waals surface area (Å²) in [6.45, 7) is 0.274. The molecule has 0 saturated carbocycles. The van der Waals surface area contributed by atoms with Crippen LogP contribution >= 0.6 is 0 Å². The number of piperazine rings is 1. The van der Waals surface area contributed by atoms with Crippen molar-refractivity contribution in [3.63, 3.8) is 0 Å². The van der Waals surface area contributed by atoms with Gasteiger partial charge in [0.05, 0.1) is 23.7 Å². The highest BCUT2D eigenvalue weighted by molar-refractivity contribution is 5.95. The molecule has 0 bridgehead atoms. The maximum atomic E-state index is 13.5. The number of nitrogens with one attached hydrogen (secondary N) is 1. The number of aromatic nitrogens is 1. The summed E-state index contributed by atoms with van der Waals surface area (Å²) in [5.74, 6) is -1.14. The number of halogens is 6. The number of carbonyl (C=O) groups excluding carboxylic acids is 2. The molecule has 1 saturated heterocycles. The number of benzene rings is 2. The van der Waals surface area contributed by atoms with Crippen molar-refractivity contribution in [2.45, 2.75) is 24.8 Å². The van der Waals surface area contributed by atoms with Gasteiger partial charge in [0.25, 0.3) is 5.91 Å². The van der Waals surface area contributed by atoms with Gasteiger partial charge in [-0.2, -0.15) is 26.3 Å². The molecule has 1 aliphatic heterocycles. The summed E-state index contributed by atoms with van der Waals surface area (Å²) in [5.41, 5.74) is -2.16. The minimum Gasteiger partial charge on any atom is -0.361 e. The summed E-state index contributed by atoms with van der Waals surface area (Å²) >= 11 is 0. The van der Waals surface area contributed by atoms with Gasteiger partial charge in [0.1, 0.15) is 0 Å². The smallest absolute Gasteiger partial charge is 0.361 e. The van der Waals surface area contributed by atoms with Crippen LogP contribution in [-0.2, 0) is 23.6 Å². The third-order valence-electron chi connectivity index (χ3n) is 6.51. The van der Waals surface area contributed by atoms with Gasteiger partial charge in [0.2, 0.25) is 5.91 Å². The van der Waals surface area contributed by atoms with E-state index < -0.39 is 41.0 Å². The summed E-state index contributed by atoms with van der Waals surface area (Å²) in [5, 5.41) is 0.870. The molecule has 0 radical (unpaired) electrons. The molecular weight excluding hydrogens is 514 g/mol. The first kappa shape index (κ1) is 27.5. The molecule has 2 heterocycles. The number of H-pyrrole nitrogens is 1. The highest BCUT2D eigenvalue weighted by Gasteiger charge is 2.39. The Hall–Kier alpha value is -3.54. The third-order valence-corrected chi connectivity index (χ3v) is 6.51. The largest absolute Gasteiger partial charge is 0.416 e. The zero-order valence-corrected chi connectivity index (χ0v) is 20.7. The molecule has 2 amide bonds. The van der Waals surface area contributed by atoms with Gasteiger partial charge in [0, 0.05) is 42.3 Å². The van der Waals surface area contributed by atoms with E-state index in [4.69, 9.17) is 0 Å². The minimum absolute atomic E-state index is 0.00193. The lowest BCUT2D eigenvalue weighted by molar-refractivity contribution is -0.143. The van der Waals surface area contributed by atoms with Crippen molar-refractivity contribution in [2.75, 3.05) is 40.3 Å². The van der Waals surface area contributed by atoms with E-state index in [0.717, 1.165) is 16.5 Å². The number of alkyl halides is 6. The average molecular weight is 541 g/mol. The van der Waals surface area contributed by atoms with Crippen molar-refractivity contribution < 1.29 is 35.9 Å². The Kier molecular flexibility index (Phi) is 7.46. The fraction of sp³-hybridized carbons (Fsp3) is 0.385. The standard InChI is InChI=1S/C26H26F6N4O2/c1-34(2)15-23(37)35-7-8-36(20(14-35)11-17-13-33-22-6-4-3-5-21(17)22)24(38)16-9-18(25(27,28)29)12-19(10-16)26(30,31)32/h3-6,9-10,12-13,20,33H,7-8,11,14-15H2,1-2H3. The van der Waals surface area contributed by atoms with E-state index in [0.29, 0.717) is 12.1 Å². The van der Waals surface area contributed by atoms with E-state index in [1.165, 1.54) is 4.90 Å². The van der Waals surface area contributed by atoms with Crippen LogP contribution in [0.25, 0.3) is 10.9 Å². The number of hydrogen-bond acceptors (Lipinski definition) is 3. The molecule has 1 aliphatic rings. The Morgan fingerprint density at radius 3 is 2.21 bits per heavy atom. The van der Waals surface area contributed by atoms with Gasteiger partial charge in [-0.1, -0.05) is 18.2 Å². The van der Waals surface area contributed by atoms with Crippen molar-refractivity contribution in [2.24, 2.45) is 0 Å².